The number of ether oxygens (including phenoxy) is 2. The molecule has 0 unspecified atom stereocenters. The number of methoxy groups -OCH3 is 1. The van der Waals surface area contributed by atoms with E-state index >= 15 is 0 Å². The van der Waals surface area contributed by atoms with Crippen LogP contribution in [0.15, 0.2) is 66.9 Å². The number of hydrogen-bond donors (Lipinski definition) is 2. The summed E-state index contributed by atoms with van der Waals surface area (Å²) in [6.45, 7) is 0.947. The Balaban J connectivity index is 1.49. The SMILES string of the molecule is COc1ccc(OCCNc2cc(C(=O)Nc3ccc(F)cc3)ccn2)cc1. The number of carbonyl (C=O) groups excluding carboxylic acids is 1. The van der Waals surface area contributed by atoms with E-state index in [-0.39, 0.29) is 11.7 Å². The van der Waals surface area contributed by atoms with Gasteiger partial charge in [0.05, 0.1) is 13.7 Å². The van der Waals surface area contributed by atoms with Crippen molar-refractivity contribution in [3.8, 4) is 11.5 Å². The zero-order valence-corrected chi connectivity index (χ0v) is 15.3. The highest BCUT2D eigenvalue weighted by Gasteiger charge is 2.07. The maximum absolute atomic E-state index is 12.9. The zero-order valence-electron chi connectivity index (χ0n) is 15.3. The van der Waals surface area contributed by atoms with Gasteiger partial charge in [-0.15, -0.1) is 0 Å². The van der Waals surface area contributed by atoms with Crippen molar-refractivity contribution < 1.29 is 18.7 Å². The van der Waals surface area contributed by atoms with E-state index in [0.29, 0.717) is 30.2 Å². The lowest BCUT2D eigenvalue weighted by atomic mass is 10.2. The molecule has 0 bridgehead atoms. The normalized spacial score (nSPS) is 10.2. The van der Waals surface area contributed by atoms with Gasteiger partial charge < -0.3 is 20.1 Å². The fourth-order valence-electron chi connectivity index (χ4n) is 2.42. The fourth-order valence-corrected chi connectivity index (χ4v) is 2.42. The van der Waals surface area contributed by atoms with Crippen LogP contribution in [0.5, 0.6) is 11.5 Å². The molecule has 2 aromatic carbocycles. The molecular formula is C21H20FN3O3. The summed E-state index contributed by atoms with van der Waals surface area (Å²) in [6.07, 6.45) is 1.55. The van der Waals surface area contributed by atoms with Gasteiger partial charge in [-0.1, -0.05) is 0 Å². The summed E-state index contributed by atoms with van der Waals surface area (Å²) >= 11 is 0. The van der Waals surface area contributed by atoms with Gasteiger partial charge in [-0.05, 0) is 60.7 Å². The number of anilines is 2. The van der Waals surface area contributed by atoms with Gasteiger partial charge >= 0.3 is 0 Å². The summed E-state index contributed by atoms with van der Waals surface area (Å²) < 4.78 is 23.7. The minimum absolute atomic E-state index is 0.299. The minimum Gasteiger partial charge on any atom is -0.497 e. The van der Waals surface area contributed by atoms with Crippen LogP contribution in [0, 0.1) is 5.82 Å². The van der Waals surface area contributed by atoms with Crippen LogP contribution in [-0.2, 0) is 0 Å². The molecule has 2 N–H and O–H groups in total. The number of carbonyl (C=O) groups is 1. The monoisotopic (exact) mass is 381 g/mol. The Morgan fingerprint density at radius 1 is 1.04 bits per heavy atom. The smallest absolute Gasteiger partial charge is 0.255 e. The van der Waals surface area contributed by atoms with E-state index in [2.05, 4.69) is 15.6 Å². The van der Waals surface area contributed by atoms with E-state index in [4.69, 9.17) is 9.47 Å². The van der Waals surface area contributed by atoms with Crippen molar-refractivity contribution in [2.45, 2.75) is 0 Å². The molecule has 144 valence electrons. The van der Waals surface area contributed by atoms with E-state index in [0.717, 1.165) is 11.5 Å². The molecule has 0 radical (unpaired) electrons. The predicted octanol–water partition coefficient (Wildman–Crippen LogP) is 3.97. The number of benzene rings is 2. The van der Waals surface area contributed by atoms with Gasteiger partial charge in [-0.25, -0.2) is 9.37 Å². The molecule has 28 heavy (non-hydrogen) atoms. The third kappa shape index (κ3) is 5.44. The van der Waals surface area contributed by atoms with Crippen LogP contribution in [0.2, 0.25) is 0 Å². The summed E-state index contributed by atoms with van der Waals surface area (Å²) in [5.41, 5.74) is 0.962. The third-order valence-corrected chi connectivity index (χ3v) is 3.86. The molecule has 1 aromatic heterocycles. The van der Waals surface area contributed by atoms with Crippen molar-refractivity contribution in [1.82, 2.24) is 4.98 Å². The first-order valence-corrected chi connectivity index (χ1v) is 8.68. The second-order valence-electron chi connectivity index (χ2n) is 5.84. The van der Waals surface area contributed by atoms with Crippen molar-refractivity contribution in [3.05, 3.63) is 78.2 Å². The molecule has 0 fully saturated rings. The average molecular weight is 381 g/mol. The second kappa shape index (κ2) is 9.36. The van der Waals surface area contributed by atoms with Gasteiger partial charge in [-0.3, -0.25) is 4.79 Å². The van der Waals surface area contributed by atoms with E-state index in [1.54, 1.807) is 25.4 Å². The maximum atomic E-state index is 12.9. The van der Waals surface area contributed by atoms with Gasteiger partial charge in [-0.2, -0.15) is 0 Å². The molecule has 0 aliphatic rings. The highest BCUT2D eigenvalue weighted by atomic mass is 19.1. The quantitative estimate of drug-likeness (QED) is 0.578. The van der Waals surface area contributed by atoms with Crippen LogP contribution in [0.3, 0.4) is 0 Å². The van der Waals surface area contributed by atoms with E-state index in [1.165, 1.54) is 24.3 Å². The van der Waals surface area contributed by atoms with E-state index in [1.807, 2.05) is 24.3 Å². The van der Waals surface area contributed by atoms with E-state index < -0.39 is 0 Å². The largest absolute Gasteiger partial charge is 0.497 e. The van der Waals surface area contributed by atoms with E-state index in [9.17, 15) is 9.18 Å². The summed E-state index contributed by atoms with van der Waals surface area (Å²) in [7, 11) is 1.61. The lowest BCUT2D eigenvalue weighted by Gasteiger charge is -2.10. The molecule has 3 aromatic rings. The summed E-state index contributed by atoms with van der Waals surface area (Å²) in [5.74, 6) is 1.41. The van der Waals surface area contributed by atoms with Crippen molar-refractivity contribution in [1.29, 1.82) is 0 Å². The van der Waals surface area contributed by atoms with Gasteiger partial charge in [0.1, 0.15) is 29.7 Å². The molecule has 7 heteroatoms. The van der Waals surface area contributed by atoms with Crippen LogP contribution in [-0.4, -0.2) is 31.2 Å². The van der Waals surface area contributed by atoms with Crippen LogP contribution >= 0.6 is 0 Å². The summed E-state index contributed by atoms with van der Waals surface area (Å²) in [4.78, 5) is 16.5. The lowest BCUT2D eigenvalue weighted by molar-refractivity contribution is 0.102. The van der Waals surface area contributed by atoms with Gasteiger partial charge in [0.2, 0.25) is 0 Å². The van der Waals surface area contributed by atoms with Crippen LogP contribution in [0.25, 0.3) is 0 Å². The van der Waals surface area contributed by atoms with Crippen molar-refractivity contribution >= 4 is 17.4 Å². The average Bonchev–Trinajstić information content (AvgIpc) is 2.73. The van der Waals surface area contributed by atoms with Crippen molar-refractivity contribution in [2.75, 3.05) is 30.9 Å². The van der Waals surface area contributed by atoms with Gasteiger partial charge in [0.15, 0.2) is 0 Å². The molecule has 0 saturated carbocycles. The predicted molar refractivity (Wildman–Crippen MR) is 106 cm³/mol. The third-order valence-electron chi connectivity index (χ3n) is 3.86. The maximum Gasteiger partial charge on any atom is 0.255 e. The Bertz CT molecular complexity index is 915. The van der Waals surface area contributed by atoms with Gasteiger partial charge in [0.25, 0.3) is 5.91 Å². The Morgan fingerprint density at radius 3 is 2.46 bits per heavy atom. The number of halogens is 1. The zero-order chi connectivity index (χ0) is 19.8. The number of nitrogens with zero attached hydrogens (tertiary/aromatic N) is 1. The van der Waals surface area contributed by atoms with Crippen LogP contribution in [0.4, 0.5) is 15.9 Å². The number of rotatable bonds is 8. The van der Waals surface area contributed by atoms with Crippen LogP contribution < -0.4 is 20.1 Å². The van der Waals surface area contributed by atoms with Crippen LogP contribution in [0.1, 0.15) is 10.4 Å². The molecule has 6 nitrogen and oxygen atoms in total. The minimum atomic E-state index is -0.356. The Hall–Kier alpha value is -3.61. The Morgan fingerprint density at radius 2 is 1.75 bits per heavy atom. The number of pyridine rings is 1. The molecule has 0 atom stereocenters. The Labute approximate surface area is 162 Å². The molecular weight excluding hydrogens is 361 g/mol. The summed E-state index contributed by atoms with van der Waals surface area (Å²) in [6, 6.07) is 16.2. The first-order chi connectivity index (χ1) is 13.6. The second-order valence-corrected chi connectivity index (χ2v) is 5.84. The van der Waals surface area contributed by atoms with Gasteiger partial charge in [0, 0.05) is 17.4 Å². The summed E-state index contributed by atoms with van der Waals surface area (Å²) in [5, 5.41) is 5.83. The Kier molecular flexibility index (Phi) is 6.41. The highest BCUT2D eigenvalue weighted by Crippen LogP contribution is 2.17. The molecule has 1 amide bonds. The molecule has 0 aliphatic carbocycles. The molecule has 0 spiro atoms. The standard InChI is InChI=1S/C21H20FN3O3/c1-27-18-6-8-19(9-7-18)28-13-12-24-20-14-15(10-11-23-20)21(26)25-17-4-2-16(22)3-5-17/h2-11,14H,12-13H2,1H3,(H,23,24)(H,25,26). The molecule has 1 heterocycles. The highest BCUT2D eigenvalue weighted by molar-refractivity contribution is 6.04. The number of hydrogen-bond acceptors (Lipinski definition) is 5. The van der Waals surface area contributed by atoms with Crippen molar-refractivity contribution in [2.24, 2.45) is 0 Å². The topological polar surface area (TPSA) is 72.5 Å². The molecule has 0 saturated heterocycles. The molecule has 3 rings (SSSR count). The fraction of sp³-hybridized carbons (Fsp3) is 0.143. The number of aromatic nitrogens is 1. The van der Waals surface area contributed by atoms with Crippen molar-refractivity contribution in [3.63, 3.8) is 0 Å². The lowest BCUT2D eigenvalue weighted by Crippen LogP contribution is -2.15. The number of amides is 1. The molecule has 0 aliphatic heterocycles. The first-order valence-electron chi connectivity index (χ1n) is 8.68. The first kappa shape index (κ1) is 19.2. The number of nitrogens with one attached hydrogen (secondary N) is 2.